The monoisotopic (exact) mass is 445 g/mol. The molecule has 0 spiro atoms. The van der Waals surface area contributed by atoms with E-state index < -0.39 is 6.04 Å². The van der Waals surface area contributed by atoms with Gasteiger partial charge in [-0.2, -0.15) is 5.10 Å². The molecule has 33 heavy (non-hydrogen) atoms. The lowest BCUT2D eigenvalue weighted by Gasteiger charge is -2.40. The minimum atomic E-state index is -0.540. The van der Waals surface area contributed by atoms with Crippen molar-refractivity contribution < 1.29 is 9.59 Å². The van der Waals surface area contributed by atoms with Crippen LogP contribution in [-0.4, -0.2) is 62.1 Å². The Bertz CT molecular complexity index is 1170. The maximum atomic E-state index is 13.4. The van der Waals surface area contributed by atoms with Gasteiger partial charge in [0.05, 0.1) is 0 Å². The van der Waals surface area contributed by atoms with Crippen LogP contribution in [0.2, 0.25) is 0 Å². The van der Waals surface area contributed by atoms with Gasteiger partial charge in [-0.3, -0.25) is 9.59 Å². The van der Waals surface area contributed by atoms with E-state index in [0.717, 1.165) is 16.7 Å². The second-order valence-corrected chi connectivity index (χ2v) is 8.62. The molecule has 7 nitrogen and oxygen atoms in total. The van der Waals surface area contributed by atoms with E-state index in [1.807, 2.05) is 43.9 Å². The van der Waals surface area contributed by atoms with Gasteiger partial charge < -0.3 is 9.80 Å². The van der Waals surface area contributed by atoms with Gasteiger partial charge in [0, 0.05) is 26.1 Å². The highest BCUT2D eigenvalue weighted by Gasteiger charge is 2.37. The minimum absolute atomic E-state index is 0.00244. The number of amides is 2. The molecule has 0 N–H and O–H groups in total. The average Bonchev–Trinajstić information content (AvgIpc) is 3.11. The van der Waals surface area contributed by atoms with Crippen molar-refractivity contribution >= 4 is 11.8 Å². The Kier molecular flexibility index (Phi) is 6.58. The zero-order valence-electron chi connectivity index (χ0n) is 19.8. The third-order valence-electron chi connectivity index (χ3n) is 6.29. The highest BCUT2D eigenvalue weighted by Crippen LogP contribution is 2.27. The molecule has 0 bridgehead atoms. The first-order valence-corrected chi connectivity index (χ1v) is 11.5. The smallest absolute Gasteiger partial charge is 0.245 e. The molecule has 2 heterocycles. The fraction of sp³-hybridized carbons (Fsp3) is 0.385. The number of aryl methyl sites for hydroxylation is 3. The first-order valence-electron chi connectivity index (χ1n) is 11.5. The second kappa shape index (κ2) is 9.57. The second-order valence-electron chi connectivity index (χ2n) is 8.62. The van der Waals surface area contributed by atoms with Crippen LogP contribution in [-0.2, 0) is 22.6 Å². The number of carbonyl (C=O) groups excluding carboxylic acids is 2. The van der Waals surface area contributed by atoms with Crippen LogP contribution in [0.3, 0.4) is 0 Å². The third-order valence-corrected chi connectivity index (χ3v) is 6.29. The van der Waals surface area contributed by atoms with E-state index in [2.05, 4.69) is 47.3 Å². The van der Waals surface area contributed by atoms with Gasteiger partial charge in [0.1, 0.15) is 24.2 Å². The summed E-state index contributed by atoms with van der Waals surface area (Å²) in [5, 5.41) is 4.33. The largest absolute Gasteiger partial charge is 0.339 e. The summed E-state index contributed by atoms with van der Waals surface area (Å²) in [6.07, 6.45) is 0.473. The van der Waals surface area contributed by atoms with Crippen LogP contribution < -0.4 is 0 Å². The van der Waals surface area contributed by atoms with Gasteiger partial charge in [-0.15, -0.1) is 0 Å². The van der Waals surface area contributed by atoms with E-state index in [9.17, 15) is 9.59 Å². The standard InChI is InChI=1S/C26H31N5O2/c1-5-29-13-14-30(25(32)17-31-20(4)27-19(3)28-31)24(26(29)33)16-22-10-6-7-12-23(22)21-11-8-9-18(2)15-21/h6-12,15,24H,5,13-14,16-17H2,1-4H3. The first-order chi connectivity index (χ1) is 15.9. The molecular formula is C26H31N5O2. The van der Waals surface area contributed by atoms with Crippen molar-refractivity contribution in [3.8, 4) is 11.1 Å². The van der Waals surface area contributed by atoms with E-state index in [4.69, 9.17) is 0 Å². The summed E-state index contributed by atoms with van der Waals surface area (Å²) >= 11 is 0. The lowest BCUT2D eigenvalue weighted by Crippen LogP contribution is -2.60. The lowest BCUT2D eigenvalue weighted by molar-refractivity contribution is -0.151. The highest BCUT2D eigenvalue weighted by molar-refractivity contribution is 5.89. The van der Waals surface area contributed by atoms with E-state index in [0.29, 0.717) is 37.7 Å². The van der Waals surface area contributed by atoms with Crippen LogP contribution in [0.1, 0.15) is 29.7 Å². The van der Waals surface area contributed by atoms with E-state index >= 15 is 0 Å². The molecule has 0 aliphatic carbocycles. The zero-order valence-corrected chi connectivity index (χ0v) is 19.8. The van der Waals surface area contributed by atoms with E-state index in [1.54, 1.807) is 9.58 Å². The van der Waals surface area contributed by atoms with E-state index in [-0.39, 0.29) is 18.4 Å². The Labute approximate surface area is 195 Å². The van der Waals surface area contributed by atoms with Gasteiger partial charge in [-0.05, 0) is 44.4 Å². The molecule has 1 unspecified atom stereocenters. The maximum Gasteiger partial charge on any atom is 0.245 e. The predicted molar refractivity (Wildman–Crippen MR) is 128 cm³/mol. The fourth-order valence-electron chi connectivity index (χ4n) is 4.58. The average molecular weight is 446 g/mol. The van der Waals surface area contributed by atoms with Crippen molar-refractivity contribution in [2.24, 2.45) is 0 Å². The number of likely N-dealkylation sites (N-methyl/N-ethyl adjacent to an activating group) is 1. The van der Waals surface area contributed by atoms with Gasteiger partial charge in [0.2, 0.25) is 11.8 Å². The summed E-state index contributed by atoms with van der Waals surface area (Å²) in [4.78, 5) is 34.6. The Morgan fingerprint density at radius 3 is 2.55 bits per heavy atom. The number of nitrogens with zero attached hydrogens (tertiary/aromatic N) is 5. The van der Waals surface area contributed by atoms with Crippen molar-refractivity contribution in [3.05, 3.63) is 71.3 Å². The Morgan fingerprint density at radius 1 is 1.06 bits per heavy atom. The Morgan fingerprint density at radius 2 is 1.85 bits per heavy atom. The molecule has 1 aliphatic rings. The van der Waals surface area contributed by atoms with Crippen molar-refractivity contribution in [2.75, 3.05) is 19.6 Å². The summed E-state index contributed by atoms with van der Waals surface area (Å²) in [5.74, 6) is 1.23. The Hall–Kier alpha value is -3.48. The number of piperazine rings is 1. The molecule has 1 atom stereocenters. The molecule has 1 fully saturated rings. The van der Waals surface area contributed by atoms with Crippen molar-refractivity contribution in [2.45, 2.75) is 46.7 Å². The number of rotatable bonds is 6. The molecule has 1 aliphatic heterocycles. The van der Waals surface area contributed by atoms with Crippen LogP contribution in [0.15, 0.2) is 48.5 Å². The summed E-state index contributed by atoms with van der Waals surface area (Å²) in [7, 11) is 0. The van der Waals surface area contributed by atoms with Crippen LogP contribution >= 0.6 is 0 Å². The topological polar surface area (TPSA) is 71.3 Å². The molecule has 2 amide bonds. The summed E-state index contributed by atoms with van der Waals surface area (Å²) in [6, 6.07) is 16.0. The fourth-order valence-corrected chi connectivity index (χ4v) is 4.58. The van der Waals surface area contributed by atoms with Gasteiger partial charge in [0.15, 0.2) is 0 Å². The molecule has 1 saturated heterocycles. The van der Waals surface area contributed by atoms with Crippen LogP contribution in [0.5, 0.6) is 0 Å². The van der Waals surface area contributed by atoms with Crippen LogP contribution in [0.4, 0.5) is 0 Å². The van der Waals surface area contributed by atoms with Crippen LogP contribution in [0, 0.1) is 20.8 Å². The molecule has 2 aromatic carbocycles. The summed E-state index contributed by atoms with van der Waals surface area (Å²) < 4.78 is 1.62. The predicted octanol–water partition coefficient (Wildman–Crippen LogP) is 3.17. The van der Waals surface area contributed by atoms with Crippen LogP contribution in [0.25, 0.3) is 11.1 Å². The minimum Gasteiger partial charge on any atom is -0.339 e. The quantitative estimate of drug-likeness (QED) is 0.584. The van der Waals surface area contributed by atoms with Crippen molar-refractivity contribution in [1.29, 1.82) is 0 Å². The van der Waals surface area contributed by atoms with E-state index in [1.165, 1.54) is 5.56 Å². The van der Waals surface area contributed by atoms with Gasteiger partial charge in [-0.25, -0.2) is 9.67 Å². The van der Waals surface area contributed by atoms with Gasteiger partial charge in [0.25, 0.3) is 0 Å². The normalized spacial score (nSPS) is 16.4. The van der Waals surface area contributed by atoms with Gasteiger partial charge >= 0.3 is 0 Å². The number of hydrogen-bond donors (Lipinski definition) is 0. The lowest BCUT2D eigenvalue weighted by atomic mass is 9.92. The molecule has 172 valence electrons. The van der Waals surface area contributed by atoms with Crippen molar-refractivity contribution in [1.82, 2.24) is 24.6 Å². The summed E-state index contributed by atoms with van der Waals surface area (Å²) in [6.45, 7) is 9.49. The molecule has 0 radical (unpaired) electrons. The number of benzene rings is 2. The first kappa shape index (κ1) is 22.7. The molecule has 3 aromatic rings. The number of carbonyl (C=O) groups is 2. The summed E-state index contributed by atoms with van der Waals surface area (Å²) in [5.41, 5.74) is 4.46. The van der Waals surface area contributed by atoms with Gasteiger partial charge in [-0.1, -0.05) is 54.1 Å². The molecule has 1 aromatic heterocycles. The Balaban J connectivity index is 1.65. The molecule has 4 rings (SSSR count). The molecule has 7 heteroatoms. The van der Waals surface area contributed by atoms with Crippen molar-refractivity contribution in [3.63, 3.8) is 0 Å². The highest BCUT2D eigenvalue weighted by atomic mass is 16.2. The number of aromatic nitrogens is 3. The third kappa shape index (κ3) is 4.82. The number of hydrogen-bond acceptors (Lipinski definition) is 4. The zero-order chi connectivity index (χ0) is 23.5. The maximum absolute atomic E-state index is 13.4. The molecule has 0 saturated carbocycles. The SMILES string of the molecule is CCN1CCN(C(=O)Cn2nc(C)nc2C)C(Cc2ccccc2-c2cccc(C)c2)C1=O. The molecular weight excluding hydrogens is 414 g/mol.